The maximum absolute atomic E-state index is 11.9. The summed E-state index contributed by atoms with van der Waals surface area (Å²) in [5, 5.41) is 6.45. The molecule has 0 spiro atoms. The number of likely N-dealkylation sites (N-methyl/N-ethyl adjacent to an activating group) is 1. The lowest BCUT2D eigenvalue weighted by atomic mass is 10.1. The number of amides is 1. The summed E-state index contributed by atoms with van der Waals surface area (Å²) in [7, 11) is -2.99. The monoisotopic (exact) mass is 348 g/mol. The number of rotatable bonds is 6. The third-order valence-electron chi connectivity index (χ3n) is 3.06. The summed E-state index contributed by atoms with van der Waals surface area (Å²) < 4.78 is 22.3. The van der Waals surface area contributed by atoms with Gasteiger partial charge in [-0.2, -0.15) is 0 Å². The van der Waals surface area contributed by atoms with Crippen LogP contribution in [0.1, 0.15) is 18.5 Å². The lowest BCUT2D eigenvalue weighted by Gasteiger charge is -2.11. The highest BCUT2D eigenvalue weighted by Gasteiger charge is 2.30. The molecule has 1 amide bonds. The van der Waals surface area contributed by atoms with Crippen molar-refractivity contribution in [2.24, 2.45) is 0 Å². The van der Waals surface area contributed by atoms with E-state index in [9.17, 15) is 13.2 Å². The maximum Gasteiger partial charge on any atom is 0.246 e. The highest BCUT2D eigenvalue weighted by Crippen LogP contribution is 2.38. The van der Waals surface area contributed by atoms with Crippen LogP contribution >= 0.6 is 23.4 Å². The van der Waals surface area contributed by atoms with Crippen LogP contribution in [0.2, 0.25) is 5.02 Å². The van der Waals surface area contributed by atoms with Gasteiger partial charge in [0.25, 0.3) is 0 Å². The van der Waals surface area contributed by atoms with Gasteiger partial charge in [0.05, 0.1) is 10.8 Å². The Labute approximate surface area is 133 Å². The van der Waals surface area contributed by atoms with E-state index >= 15 is 0 Å². The Balaban J connectivity index is 2.17. The molecule has 1 aliphatic heterocycles. The zero-order chi connectivity index (χ0) is 15.6. The van der Waals surface area contributed by atoms with Crippen molar-refractivity contribution < 1.29 is 13.2 Å². The predicted molar refractivity (Wildman–Crippen MR) is 86.9 cm³/mol. The standard InChI is InChI=1S/C13H17ClN2O3S2/c1-3-15-12-8-6-9(14)11(7-10(8)16-13(12)17)20-4-5-21(2,18)19/h6-7,12,15H,3-5H2,1-2H3,(H,16,17). The van der Waals surface area contributed by atoms with Gasteiger partial charge in [-0.3, -0.25) is 4.79 Å². The van der Waals surface area contributed by atoms with Gasteiger partial charge in [0.15, 0.2) is 0 Å². The fourth-order valence-electron chi connectivity index (χ4n) is 2.08. The Morgan fingerprint density at radius 2 is 2.14 bits per heavy atom. The summed E-state index contributed by atoms with van der Waals surface area (Å²) in [6.45, 7) is 2.61. The average molecular weight is 349 g/mol. The van der Waals surface area contributed by atoms with Crippen LogP contribution in [0.4, 0.5) is 5.69 Å². The second-order valence-electron chi connectivity index (χ2n) is 4.83. The number of carbonyl (C=O) groups is 1. The van der Waals surface area contributed by atoms with Gasteiger partial charge in [-0.15, -0.1) is 11.8 Å². The van der Waals surface area contributed by atoms with Gasteiger partial charge in [0.1, 0.15) is 15.9 Å². The van der Waals surface area contributed by atoms with E-state index in [1.807, 2.05) is 6.92 Å². The highest BCUT2D eigenvalue weighted by molar-refractivity contribution is 8.00. The van der Waals surface area contributed by atoms with Crippen LogP contribution in [-0.2, 0) is 14.6 Å². The van der Waals surface area contributed by atoms with Gasteiger partial charge in [-0.05, 0) is 18.7 Å². The zero-order valence-corrected chi connectivity index (χ0v) is 14.2. The summed E-state index contributed by atoms with van der Waals surface area (Å²) in [6.07, 6.45) is 1.21. The van der Waals surface area contributed by atoms with Crippen molar-refractivity contribution in [1.82, 2.24) is 5.32 Å². The molecule has 0 saturated carbocycles. The number of halogens is 1. The Hall–Kier alpha value is -0.760. The van der Waals surface area contributed by atoms with Crippen molar-refractivity contribution >= 4 is 44.8 Å². The van der Waals surface area contributed by atoms with Crippen LogP contribution in [0.5, 0.6) is 0 Å². The minimum atomic E-state index is -2.99. The molecule has 0 bridgehead atoms. The van der Waals surface area contributed by atoms with E-state index in [0.29, 0.717) is 17.3 Å². The molecule has 1 aromatic carbocycles. The van der Waals surface area contributed by atoms with Gasteiger partial charge >= 0.3 is 0 Å². The van der Waals surface area contributed by atoms with Gasteiger partial charge in [0, 0.05) is 28.2 Å². The first-order valence-electron chi connectivity index (χ1n) is 6.50. The Morgan fingerprint density at radius 1 is 1.43 bits per heavy atom. The summed E-state index contributed by atoms with van der Waals surface area (Å²) in [5.41, 5.74) is 1.57. The molecular formula is C13H17ClN2O3S2. The van der Waals surface area contributed by atoms with Crippen LogP contribution in [0.3, 0.4) is 0 Å². The third-order valence-corrected chi connectivity index (χ3v) is 5.74. The van der Waals surface area contributed by atoms with Gasteiger partial charge < -0.3 is 10.6 Å². The van der Waals surface area contributed by atoms with E-state index in [0.717, 1.165) is 16.1 Å². The van der Waals surface area contributed by atoms with Crippen molar-refractivity contribution in [3.05, 3.63) is 22.7 Å². The fraction of sp³-hybridized carbons (Fsp3) is 0.462. The minimum absolute atomic E-state index is 0.0947. The van der Waals surface area contributed by atoms with E-state index in [2.05, 4.69) is 10.6 Å². The Bertz CT molecular complexity index is 662. The van der Waals surface area contributed by atoms with Crippen molar-refractivity contribution in [1.29, 1.82) is 0 Å². The zero-order valence-electron chi connectivity index (χ0n) is 11.8. The molecule has 21 heavy (non-hydrogen) atoms. The highest BCUT2D eigenvalue weighted by atomic mass is 35.5. The largest absolute Gasteiger partial charge is 0.324 e. The molecule has 0 saturated heterocycles. The maximum atomic E-state index is 11.9. The van der Waals surface area contributed by atoms with Crippen molar-refractivity contribution in [3.8, 4) is 0 Å². The summed E-state index contributed by atoms with van der Waals surface area (Å²) in [5.74, 6) is 0.431. The average Bonchev–Trinajstić information content (AvgIpc) is 2.65. The first kappa shape index (κ1) is 16.6. The van der Waals surface area contributed by atoms with E-state index in [1.165, 1.54) is 18.0 Å². The van der Waals surface area contributed by atoms with Crippen LogP contribution in [-0.4, -0.2) is 38.6 Å². The Kier molecular flexibility index (Phi) is 5.19. The number of fused-ring (bicyclic) bond motifs is 1. The molecule has 1 aromatic rings. The van der Waals surface area contributed by atoms with Crippen molar-refractivity contribution in [3.63, 3.8) is 0 Å². The molecule has 0 aliphatic carbocycles. The number of sulfone groups is 1. The molecule has 2 N–H and O–H groups in total. The van der Waals surface area contributed by atoms with Gasteiger partial charge in [0.2, 0.25) is 5.91 Å². The SMILES string of the molecule is CCNC1C(=O)Nc2cc(SCCS(C)(=O)=O)c(Cl)cc21. The second kappa shape index (κ2) is 6.56. The molecule has 1 aliphatic rings. The van der Waals surface area contributed by atoms with Crippen LogP contribution in [0, 0.1) is 0 Å². The molecule has 1 heterocycles. The van der Waals surface area contributed by atoms with Crippen molar-refractivity contribution in [2.75, 3.05) is 29.6 Å². The molecule has 8 heteroatoms. The summed E-state index contributed by atoms with van der Waals surface area (Å²) in [4.78, 5) is 12.7. The molecule has 0 fully saturated rings. The molecule has 2 rings (SSSR count). The summed E-state index contributed by atoms with van der Waals surface area (Å²) in [6, 6.07) is 3.20. The number of hydrogen-bond donors (Lipinski definition) is 2. The molecule has 1 atom stereocenters. The van der Waals surface area contributed by atoms with E-state index < -0.39 is 9.84 Å². The smallest absolute Gasteiger partial charge is 0.246 e. The number of thioether (sulfide) groups is 1. The number of carbonyl (C=O) groups excluding carboxylic acids is 1. The second-order valence-corrected chi connectivity index (χ2v) is 8.63. The Morgan fingerprint density at radius 3 is 2.76 bits per heavy atom. The lowest BCUT2D eigenvalue weighted by Crippen LogP contribution is -2.27. The molecular weight excluding hydrogens is 332 g/mol. The molecule has 0 aromatic heterocycles. The molecule has 0 radical (unpaired) electrons. The minimum Gasteiger partial charge on any atom is -0.324 e. The summed E-state index contributed by atoms with van der Waals surface area (Å²) >= 11 is 7.61. The number of hydrogen-bond acceptors (Lipinski definition) is 5. The molecule has 5 nitrogen and oxygen atoms in total. The predicted octanol–water partition coefficient (Wildman–Crippen LogP) is 2.08. The van der Waals surface area contributed by atoms with Crippen LogP contribution in [0.25, 0.3) is 0 Å². The first-order valence-corrected chi connectivity index (χ1v) is 9.92. The normalized spacial score (nSPS) is 17.7. The van der Waals surface area contributed by atoms with Crippen LogP contribution < -0.4 is 10.6 Å². The van der Waals surface area contributed by atoms with Gasteiger partial charge in [-0.1, -0.05) is 18.5 Å². The molecule has 116 valence electrons. The fourth-order valence-corrected chi connectivity index (χ4v) is 4.58. The lowest BCUT2D eigenvalue weighted by molar-refractivity contribution is -0.117. The van der Waals surface area contributed by atoms with E-state index in [-0.39, 0.29) is 17.7 Å². The number of anilines is 1. The van der Waals surface area contributed by atoms with Gasteiger partial charge in [-0.25, -0.2) is 8.42 Å². The topological polar surface area (TPSA) is 75.3 Å². The third kappa shape index (κ3) is 4.12. The van der Waals surface area contributed by atoms with E-state index in [1.54, 1.807) is 12.1 Å². The van der Waals surface area contributed by atoms with Crippen molar-refractivity contribution in [2.45, 2.75) is 17.9 Å². The van der Waals surface area contributed by atoms with E-state index in [4.69, 9.17) is 11.6 Å². The first-order chi connectivity index (χ1) is 9.81. The molecule has 1 unspecified atom stereocenters. The number of benzene rings is 1. The quantitative estimate of drug-likeness (QED) is 0.770. The number of nitrogens with one attached hydrogen (secondary N) is 2. The van der Waals surface area contributed by atoms with Crippen LogP contribution in [0.15, 0.2) is 17.0 Å².